The van der Waals surface area contributed by atoms with Crippen molar-refractivity contribution in [3.8, 4) is 0 Å². The Balaban J connectivity index is 2.48. The molecular formula is C11H19N3O5. The molecule has 0 aromatic heterocycles. The molecule has 0 aromatic carbocycles. The number of urea groups is 1. The zero-order chi connectivity index (χ0) is 14.6. The largest absolute Gasteiger partial charge is 0.479 e. The molecule has 19 heavy (non-hydrogen) atoms. The average molecular weight is 273 g/mol. The number of aliphatic carboxylic acids is 1. The summed E-state index contributed by atoms with van der Waals surface area (Å²) in [7, 11) is 1.54. The van der Waals surface area contributed by atoms with Crippen LogP contribution in [0.15, 0.2) is 0 Å². The van der Waals surface area contributed by atoms with Crippen molar-refractivity contribution in [1.29, 1.82) is 0 Å². The minimum absolute atomic E-state index is 0.131. The molecule has 0 radical (unpaired) electrons. The van der Waals surface area contributed by atoms with Crippen molar-refractivity contribution in [2.45, 2.75) is 19.4 Å². The fraction of sp³-hybridized carbons (Fsp3) is 0.727. The third kappa shape index (κ3) is 3.57. The van der Waals surface area contributed by atoms with Gasteiger partial charge in [0.25, 0.3) is 0 Å². The van der Waals surface area contributed by atoms with Gasteiger partial charge in [-0.3, -0.25) is 4.79 Å². The summed E-state index contributed by atoms with van der Waals surface area (Å²) in [6.07, 6.45) is -1.08. The molecule has 0 saturated carbocycles. The second-order valence-corrected chi connectivity index (χ2v) is 4.85. The molecule has 1 heterocycles. The van der Waals surface area contributed by atoms with Crippen LogP contribution in [0.3, 0.4) is 0 Å². The van der Waals surface area contributed by atoms with E-state index in [2.05, 4.69) is 10.6 Å². The quantitative estimate of drug-likeness (QED) is 0.502. The zero-order valence-corrected chi connectivity index (χ0v) is 11.0. The van der Waals surface area contributed by atoms with Crippen molar-refractivity contribution in [2.24, 2.45) is 5.41 Å². The van der Waals surface area contributed by atoms with E-state index >= 15 is 0 Å². The number of carbonyl (C=O) groups excluding carboxylic acids is 2. The van der Waals surface area contributed by atoms with E-state index in [1.165, 1.54) is 4.90 Å². The number of hydrogen-bond donors (Lipinski definition) is 4. The molecule has 2 atom stereocenters. The monoisotopic (exact) mass is 273 g/mol. The fourth-order valence-corrected chi connectivity index (χ4v) is 2.00. The van der Waals surface area contributed by atoms with Crippen LogP contribution in [0, 0.1) is 5.41 Å². The van der Waals surface area contributed by atoms with E-state index in [0.29, 0.717) is 13.0 Å². The van der Waals surface area contributed by atoms with Gasteiger partial charge in [0.2, 0.25) is 5.91 Å². The van der Waals surface area contributed by atoms with Crippen LogP contribution in [0.1, 0.15) is 13.3 Å². The smallest absolute Gasteiger partial charge is 0.334 e. The first-order chi connectivity index (χ1) is 8.80. The Morgan fingerprint density at radius 1 is 1.42 bits per heavy atom. The maximum atomic E-state index is 11.8. The van der Waals surface area contributed by atoms with Gasteiger partial charge in [-0.1, -0.05) is 0 Å². The molecule has 0 bridgehead atoms. The summed E-state index contributed by atoms with van der Waals surface area (Å²) in [6.45, 7) is 2.09. The van der Waals surface area contributed by atoms with Gasteiger partial charge in [0.1, 0.15) is 0 Å². The molecule has 8 nitrogen and oxygen atoms in total. The summed E-state index contributed by atoms with van der Waals surface area (Å²) in [4.78, 5) is 35.3. The van der Waals surface area contributed by atoms with Crippen molar-refractivity contribution in [3.05, 3.63) is 0 Å². The van der Waals surface area contributed by atoms with Crippen LogP contribution in [0.2, 0.25) is 0 Å². The van der Waals surface area contributed by atoms with E-state index in [9.17, 15) is 14.4 Å². The van der Waals surface area contributed by atoms with Gasteiger partial charge < -0.3 is 25.7 Å². The molecule has 0 aromatic rings. The van der Waals surface area contributed by atoms with Crippen molar-refractivity contribution < 1.29 is 24.6 Å². The van der Waals surface area contributed by atoms with E-state index in [1.54, 1.807) is 14.0 Å². The maximum Gasteiger partial charge on any atom is 0.334 e. The van der Waals surface area contributed by atoms with Crippen LogP contribution in [-0.4, -0.2) is 65.8 Å². The third-order valence-electron chi connectivity index (χ3n) is 3.27. The van der Waals surface area contributed by atoms with E-state index in [4.69, 9.17) is 10.2 Å². The van der Waals surface area contributed by atoms with E-state index in [-0.39, 0.29) is 19.0 Å². The van der Waals surface area contributed by atoms with Crippen LogP contribution in [0.25, 0.3) is 0 Å². The normalized spacial score (nSPS) is 23.8. The summed E-state index contributed by atoms with van der Waals surface area (Å²) in [5.41, 5.74) is -0.627. The lowest BCUT2D eigenvalue weighted by atomic mass is 9.89. The first-order valence-electron chi connectivity index (χ1n) is 5.96. The Bertz CT molecular complexity index is 387. The Kier molecular flexibility index (Phi) is 4.71. The number of hydrogen-bond acceptors (Lipinski definition) is 4. The molecule has 108 valence electrons. The first-order valence-corrected chi connectivity index (χ1v) is 5.96. The van der Waals surface area contributed by atoms with E-state index in [1.807, 2.05) is 0 Å². The van der Waals surface area contributed by atoms with Crippen LogP contribution in [0.4, 0.5) is 4.79 Å². The van der Waals surface area contributed by atoms with Crippen LogP contribution < -0.4 is 10.6 Å². The number of rotatable bonds is 4. The summed E-state index contributed by atoms with van der Waals surface area (Å²) in [5.74, 6) is -1.52. The highest BCUT2D eigenvalue weighted by molar-refractivity contribution is 5.84. The van der Waals surface area contributed by atoms with E-state index in [0.717, 1.165) is 0 Å². The summed E-state index contributed by atoms with van der Waals surface area (Å²) in [5, 5.41) is 22.4. The predicted molar refractivity (Wildman–Crippen MR) is 65.4 cm³/mol. The number of carboxylic acids is 1. The minimum Gasteiger partial charge on any atom is -0.479 e. The minimum atomic E-state index is -1.63. The lowest BCUT2D eigenvalue weighted by Crippen LogP contribution is -2.45. The highest BCUT2D eigenvalue weighted by atomic mass is 16.4. The number of likely N-dealkylation sites (tertiary alicyclic amines) is 1. The van der Waals surface area contributed by atoms with Crippen LogP contribution in [0.5, 0.6) is 0 Å². The predicted octanol–water partition coefficient (Wildman–Crippen LogP) is -1.40. The molecular weight excluding hydrogens is 254 g/mol. The number of nitrogens with one attached hydrogen (secondary N) is 2. The molecule has 3 amide bonds. The van der Waals surface area contributed by atoms with Crippen molar-refractivity contribution in [3.63, 3.8) is 0 Å². The molecule has 4 N–H and O–H groups in total. The summed E-state index contributed by atoms with van der Waals surface area (Å²) < 4.78 is 0. The van der Waals surface area contributed by atoms with Gasteiger partial charge in [-0.25, -0.2) is 9.59 Å². The highest BCUT2D eigenvalue weighted by Gasteiger charge is 2.41. The van der Waals surface area contributed by atoms with Crippen molar-refractivity contribution in [2.75, 3.05) is 26.7 Å². The fourth-order valence-electron chi connectivity index (χ4n) is 2.00. The molecule has 1 saturated heterocycles. The van der Waals surface area contributed by atoms with Gasteiger partial charge in [0.05, 0.1) is 12.0 Å². The Hall–Kier alpha value is -1.83. The first kappa shape index (κ1) is 15.2. The molecule has 1 rings (SSSR count). The summed E-state index contributed by atoms with van der Waals surface area (Å²) >= 11 is 0. The second kappa shape index (κ2) is 5.87. The van der Waals surface area contributed by atoms with Gasteiger partial charge >= 0.3 is 12.0 Å². The Morgan fingerprint density at radius 2 is 2.05 bits per heavy atom. The SMILES string of the molecule is CNC(=O)C1(C)CCN(C(=O)NCC(O)C(=O)O)C1. The van der Waals surface area contributed by atoms with Gasteiger partial charge in [0, 0.05) is 20.1 Å². The number of aliphatic hydroxyl groups excluding tert-OH is 1. The van der Waals surface area contributed by atoms with Gasteiger partial charge in [-0.2, -0.15) is 0 Å². The maximum absolute atomic E-state index is 11.8. The van der Waals surface area contributed by atoms with Gasteiger partial charge in [-0.05, 0) is 13.3 Å². The van der Waals surface area contributed by atoms with Gasteiger partial charge in [-0.15, -0.1) is 0 Å². The highest BCUT2D eigenvalue weighted by Crippen LogP contribution is 2.29. The lowest BCUT2D eigenvalue weighted by molar-refractivity contribution is -0.146. The summed E-state index contributed by atoms with van der Waals surface area (Å²) in [6, 6.07) is -0.479. The van der Waals surface area contributed by atoms with Crippen LogP contribution >= 0.6 is 0 Å². The topological polar surface area (TPSA) is 119 Å². The Labute approximate surface area is 110 Å². The molecule has 0 spiro atoms. The molecule has 1 aliphatic rings. The van der Waals surface area contributed by atoms with Crippen molar-refractivity contribution >= 4 is 17.9 Å². The average Bonchev–Trinajstić information content (AvgIpc) is 2.78. The molecule has 1 aliphatic heterocycles. The number of carboxylic acid groups (broad SMARTS) is 1. The number of aliphatic hydroxyl groups is 1. The number of amides is 3. The van der Waals surface area contributed by atoms with Crippen LogP contribution in [-0.2, 0) is 9.59 Å². The van der Waals surface area contributed by atoms with Crippen molar-refractivity contribution in [1.82, 2.24) is 15.5 Å². The molecule has 0 aliphatic carbocycles. The van der Waals surface area contributed by atoms with Gasteiger partial charge in [0.15, 0.2) is 6.10 Å². The Morgan fingerprint density at radius 3 is 2.58 bits per heavy atom. The van der Waals surface area contributed by atoms with E-state index < -0.39 is 23.5 Å². The number of carbonyl (C=O) groups is 3. The third-order valence-corrected chi connectivity index (χ3v) is 3.27. The lowest BCUT2D eigenvalue weighted by Gasteiger charge is -2.23. The number of nitrogens with zero attached hydrogens (tertiary/aromatic N) is 1. The molecule has 2 unspecified atom stereocenters. The molecule has 1 fully saturated rings. The zero-order valence-electron chi connectivity index (χ0n) is 11.0. The second-order valence-electron chi connectivity index (χ2n) is 4.85. The standard InChI is InChI=1S/C11H19N3O5/c1-11(9(18)12-2)3-4-14(6-11)10(19)13-5-7(15)8(16)17/h7,15H,3-6H2,1-2H3,(H,12,18)(H,13,19)(H,16,17). The molecule has 8 heteroatoms.